The Labute approximate surface area is 211 Å². The van der Waals surface area contributed by atoms with Crippen LogP contribution in [0, 0.1) is 5.92 Å². The Morgan fingerprint density at radius 3 is 2.66 bits per heavy atom. The van der Waals surface area contributed by atoms with Gasteiger partial charge in [0, 0.05) is 41.7 Å². The number of allylic oxidation sites excluding steroid dienone is 5. The van der Waals surface area contributed by atoms with Crippen LogP contribution in [0.2, 0.25) is 0 Å². The van der Waals surface area contributed by atoms with Gasteiger partial charge in [-0.25, -0.2) is 0 Å². The van der Waals surface area contributed by atoms with E-state index in [9.17, 15) is 9.50 Å². The maximum Gasteiger partial charge on any atom is 0.150 e. The van der Waals surface area contributed by atoms with Crippen molar-refractivity contribution in [3.8, 4) is 17.2 Å². The fraction of sp³-hybridized carbons (Fsp3) is 0.310. The molecule has 0 saturated carbocycles. The van der Waals surface area contributed by atoms with Crippen LogP contribution in [0.15, 0.2) is 83.5 Å². The highest BCUT2D eigenvalue weighted by Gasteiger charge is 2.29. The number of benzene rings is 2. The zero-order valence-electron chi connectivity index (χ0n) is 20.1. The Bertz CT molecular complexity index is 1160. The Balaban J connectivity index is 1.53. The minimum Gasteiger partial charge on any atom is -0.508 e. The van der Waals surface area contributed by atoms with Crippen LogP contribution >= 0.6 is 11.6 Å². The summed E-state index contributed by atoms with van der Waals surface area (Å²) in [6.45, 7) is 10.9. The number of phenols is 1. The standard InChI is InChI=1S/C29H31ClFNO3/c1-4-23(30)8-5-19(2)28-20(3)26-15-24(33)9-12-27(26)35-29(28)22-6-10-25(11-7-22)34-14-13-32-17-21(16-31)18-32/h4-12,15,21,29,33H,2,13-14,16-18H2,1,3H3/b8-5-,23-4+/t29-/m0/s1. The first-order chi connectivity index (χ1) is 16.9. The number of phenolic OH excluding ortho intramolecular Hbond substituents is 1. The first-order valence-corrected chi connectivity index (χ1v) is 12.2. The van der Waals surface area contributed by atoms with Gasteiger partial charge in [-0.3, -0.25) is 9.29 Å². The molecule has 4 rings (SSSR count). The summed E-state index contributed by atoms with van der Waals surface area (Å²) in [7, 11) is 0. The maximum absolute atomic E-state index is 12.6. The van der Waals surface area contributed by atoms with E-state index in [0.29, 0.717) is 17.4 Å². The average Bonchev–Trinajstić information content (AvgIpc) is 2.84. The van der Waals surface area contributed by atoms with E-state index < -0.39 is 0 Å². The van der Waals surface area contributed by atoms with Gasteiger partial charge in [0.2, 0.25) is 0 Å². The molecule has 4 nitrogen and oxygen atoms in total. The molecular formula is C29H31ClFNO3. The lowest BCUT2D eigenvalue weighted by atomic mass is 9.86. The average molecular weight is 496 g/mol. The smallest absolute Gasteiger partial charge is 0.150 e. The topological polar surface area (TPSA) is 41.9 Å². The number of fused-ring (bicyclic) bond motifs is 1. The van der Waals surface area contributed by atoms with E-state index in [4.69, 9.17) is 21.1 Å². The molecule has 184 valence electrons. The molecule has 0 spiro atoms. The van der Waals surface area contributed by atoms with Crippen molar-refractivity contribution in [3.05, 3.63) is 94.6 Å². The zero-order chi connectivity index (χ0) is 24.9. The van der Waals surface area contributed by atoms with Crippen LogP contribution in [-0.2, 0) is 0 Å². The van der Waals surface area contributed by atoms with Crippen molar-refractivity contribution in [1.29, 1.82) is 0 Å². The number of nitrogens with zero attached hydrogens (tertiary/aromatic N) is 1. The summed E-state index contributed by atoms with van der Waals surface area (Å²) < 4.78 is 24.9. The number of hydrogen-bond acceptors (Lipinski definition) is 4. The van der Waals surface area contributed by atoms with E-state index >= 15 is 0 Å². The van der Waals surface area contributed by atoms with Gasteiger partial charge >= 0.3 is 0 Å². The molecular weight excluding hydrogens is 465 g/mol. The maximum atomic E-state index is 12.6. The number of alkyl halides is 1. The van der Waals surface area contributed by atoms with Crippen molar-refractivity contribution >= 4 is 17.2 Å². The molecule has 2 aromatic carbocycles. The summed E-state index contributed by atoms with van der Waals surface area (Å²) in [5.41, 5.74) is 4.49. The number of hydrogen-bond donors (Lipinski definition) is 1. The Hall–Kier alpha value is -3.02. The third-order valence-corrected chi connectivity index (χ3v) is 6.80. The van der Waals surface area contributed by atoms with Gasteiger partial charge in [-0.15, -0.1) is 0 Å². The summed E-state index contributed by atoms with van der Waals surface area (Å²) in [5, 5.41) is 10.7. The molecule has 0 radical (unpaired) electrons. The summed E-state index contributed by atoms with van der Waals surface area (Å²) in [5.74, 6) is 1.85. The fourth-order valence-electron chi connectivity index (χ4n) is 4.44. The van der Waals surface area contributed by atoms with Crippen molar-refractivity contribution in [2.75, 3.05) is 32.9 Å². The molecule has 0 unspecified atom stereocenters. The van der Waals surface area contributed by atoms with Crippen molar-refractivity contribution in [1.82, 2.24) is 4.90 Å². The fourth-order valence-corrected chi connectivity index (χ4v) is 4.50. The van der Waals surface area contributed by atoms with E-state index in [-0.39, 0.29) is 24.4 Å². The monoisotopic (exact) mass is 495 g/mol. The van der Waals surface area contributed by atoms with Crippen LogP contribution in [0.25, 0.3) is 5.57 Å². The molecule has 0 bridgehead atoms. The molecule has 2 aromatic rings. The zero-order valence-corrected chi connectivity index (χ0v) is 20.9. The van der Waals surface area contributed by atoms with E-state index in [0.717, 1.165) is 53.2 Å². The van der Waals surface area contributed by atoms with Crippen molar-refractivity contribution in [3.63, 3.8) is 0 Å². The highest BCUT2D eigenvalue weighted by Crippen LogP contribution is 2.46. The highest BCUT2D eigenvalue weighted by molar-refractivity contribution is 6.31. The van der Waals surface area contributed by atoms with Gasteiger partial charge in [0.25, 0.3) is 0 Å². The van der Waals surface area contributed by atoms with Crippen molar-refractivity contribution in [2.24, 2.45) is 5.92 Å². The van der Waals surface area contributed by atoms with Gasteiger partial charge in [0.05, 0.1) is 6.67 Å². The van der Waals surface area contributed by atoms with Crippen LogP contribution in [0.1, 0.15) is 31.1 Å². The van der Waals surface area contributed by atoms with Crippen LogP contribution in [-0.4, -0.2) is 42.9 Å². The second kappa shape index (κ2) is 11.1. The highest BCUT2D eigenvalue weighted by atomic mass is 35.5. The van der Waals surface area contributed by atoms with Gasteiger partial charge in [-0.05, 0) is 67.0 Å². The molecule has 2 aliphatic rings. The third-order valence-electron chi connectivity index (χ3n) is 6.45. The predicted molar refractivity (Wildman–Crippen MR) is 140 cm³/mol. The van der Waals surface area contributed by atoms with Crippen LogP contribution < -0.4 is 9.47 Å². The predicted octanol–water partition coefficient (Wildman–Crippen LogP) is 6.83. The van der Waals surface area contributed by atoms with Crippen LogP contribution in [0.5, 0.6) is 17.2 Å². The molecule has 1 N–H and O–H groups in total. The first-order valence-electron chi connectivity index (χ1n) is 11.8. The SMILES string of the molecule is C=C(/C=C\C(Cl)=C/C)C1=C(C)c2cc(O)ccc2O[C@H]1c1ccc(OCCN2CC(CF)C2)cc1. The summed E-state index contributed by atoms with van der Waals surface area (Å²) in [4.78, 5) is 2.20. The normalized spacial score (nSPS) is 18.9. The minimum atomic E-state index is -0.374. The van der Waals surface area contributed by atoms with Gasteiger partial charge in [-0.2, -0.15) is 0 Å². The second-order valence-corrected chi connectivity index (χ2v) is 9.38. The molecule has 2 heterocycles. The van der Waals surface area contributed by atoms with Crippen molar-refractivity contribution in [2.45, 2.75) is 20.0 Å². The number of ether oxygens (including phenoxy) is 2. The molecule has 1 saturated heterocycles. The van der Waals surface area contributed by atoms with Gasteiger partial charge < -0.3 is 14.6 Å². The summed E-state index contributed by atoms with van der Waals surface area (Å²) in [6.07, 6.45) is 5.13. The summed E-state index contributed by atoms with van der Waals surface area (Å²) in [6, 6.07) is 13.0. The largest absolute Gasteiger partial charge is 0.508 e. The Morgan fingerprint density at radius 2 is 1.97 bits per heavy atom. The number of rotatable bonds is 9. The molecule has 1 atom stereocenters. The molecule has 35 heavy (non-hydrogen) atoms. The van der Waals surface area contributed by atoms with Gasteiger partial charge in [-0.1, -0.05) is 42.5 Å². The second-order valence-electron chi connectivity index (χ2n) is 8.95. The number of halogens is 2. The van der Waals surface area contributed by atoms with E-state index in [1.54, 1.807) is 18.2 Å². The molecule has 1 fully saturated rings. The number of aromatic hydroxyl groups is 1. The number of likely N-dealkylation sites (tertiary alicyclic amines) is 1. The lowest BCUT2D eigenvalue weighted by Crippen LogP contribution is -2.49. The lowest BCUT2D eigenvalue weighted by molar-refractivity contribution is 0.0668. The quantitative estimate of drug-likeness (QED) is 0.387. The lowest BCUT2D eigenvalue weighted by Gasteiger charge is -2.37. The first kappa shape index (κ1) is 25.1. The van der Waals surface area contributed by atoms with Crippen molar-refractivity contribution < 1.29 is 19.0 Å². The Morgan fingerprint density at radius 1 is 1.23 bits per heavy atom. The van der Waals surface area contributed by atoms with Gasteiger partial charge in [0.15, 0.2) is 0 Å². The Kier molecular flexibility index (Phi) is 7.99. The molecule has 0 aromatic heterocycles. The van der Waals surface area contributed by atoms with Crippen LogP contribution in [0.3, 0.4) is 0 Å². The minimum absolute atomic E-state index is 0.183. The molecule has 6 heteroatoms. The molecule has 2 aliphatic heterocycles. The third kappa shape index (κ3) is 5.80. The van der Waals surface area contributed by atoms with E-state index in [1.807, 2.05) is 56.3 Å². The van der Waals surface area contributed by atoms with Crippen LogP contribution in [0.4, 0.5) is 4.39 Å². The van der Waals surface area contributed by atoms with E-state index in [2.05, 4.69) is 11.5 Å². The summed E-state index contributed by atoms with van der Waals surface area (Å²) >= 11 is 6.17. The van der Waals surface area contributed by atoms with E-state index in [1.165, 1.54) is 0 Å². The molecule has 0 aliphatic carbocycles. The molecule has 0 amide bonds. The van der Waals surface area contributed by atoms with Gasteiger partial charge in [0.1, 0.15) is 30.0 Å².